The van der Waals surface area contributed by atoms with Gasteiger partial charge in [0.15, 0.2) is 12.4 Å². The molecule has 2 rings (SSSR count). The number of phenols is 1. The molecule has 168 valence electrons. The fraction of sp³-hybridized carbons (Fsp3) is 0.417. The van der Waals surface area contributed by atoms with Crippen LogP contribution in [0.2, 0.25) is 0 Å². The summed E-state index contributed by atoms with van der Waals surface area (Å²) in [5.41, 5.74) is 0.975. The third kappa shape index (κ3) is 7.51. The van der Waals surface area contributed by atoms with E-state index in [1.165, 1.54) is 6.92 Å². The van der Waals surface area contributed by atoms with E-state index in [4.69, 9.17) is 18.9 Å². The number of ether oxygens (including phenoxy) is 4. The van der Waals surface area contributed by atoms with Crippen LogP contribution in [0.3, 0.4) is 0 Å². The largest absolute Gasteiger partial charge is 0.507 e. The summed E-state index contributed by atoms with van der Waals surface area (Å²) in [5.74, 6) is 1.25. The van der Waals surface area contributed by atoms with Crippen molar-refractivity contribution in [2.75, 3.05) is 26.4 Å². The summed E-state index contributed by atoms with van der Waals surface area (Å²) in [6.07, 6.45) is 2.10. The Morgan fingerprint density at radius 1 is 0.903 bits per heavy atom. The fourth-order valence-corrected chi connectivity index (χ4v) is 2.94. The zero-order valence-corrected chi connectivity index (χ0v) is 18.3. The Morgan fingerprint density at radius 2 is 1.55 bits per heavy atom. The lowest BCUT2D eigenvalue weighted by atomic mass is 10.0. The van der Waals surface area contributed by atoms with Crippen molar-refractivity contribution in [3.8, 4) is 23.0 Å². The Hall–Kier alpha value is -3.22. The van der Waals surface area contributed by atoms with E-state index in [0.717, 1.165) is 6.42 Å². The van der Waals surface area contributed by atoms with E-state index in [9.17, 15) is 14.7 Å². The summed E-state index contributed by atoms with van der Waals surface area (Å²) in [6.45, 7) is 6.23. The maximum atomic E-state index is 11.6. The second kappa shape index (κ2) is 12.5. The number of benzene rings is 2. The number of rotatable bonds is 13. The smallest absolute Gasteiger partial charge is 0.344 e. The summed E-state index contributed by atoms with van der Waals surface area (Å²) in [6, 6.07) is 10.3. The van der Waals surface area contributed by atoms with E-state index in [1.54, 1.807) is 43.3 Å². The minimum Gasteiger partial charge on any atom is -0.507 e. The maximum absolute atomic E-state index is 11.6. The molecule has 0 saturated heterocycles. The first-order valence-corrected chi connectivity index (χ1v) is 10.5. The number of hydrogen-bond acceptors (Lipinski definition) is 7. The molecule has 2 aromatic rings. The SMILES string of the molecule is CCCc1c(OCCCOc2ccc(OCC(=O)OCC)cc2)ccc(C(C)=O)c1O. The van der Waals surface area contributed by atoms with Gasteiger partial charge in [-0.25, -0.2) is 4.79 Å². The van der Waals surface area contributed by atoms with E-state index in [0.29, 0.717) is 61.0 Å². The molecule has 0 saturated carbocycles. The normalized spacial score (nSPS) is 10.4. The van der Waals surface area contributed by atoms with Crippen LogP contribution in [0.5, 0.6) is 23.0 Å². The van der Waals surface area contributed by atoms with Gasteiger partial charge >= 0.3 is 5.97 Å². The van der Waals surface area contributed by atoms with Gasteiger partial charge in [-0.3, -0.25) is 4.79 Å². The van der Waals surface area contributed by atoms with Crippen LogP contribution < -0.4 is 14.2 Å². The molecular formula is C24H30O7. The van der Waals surface area contributed by atoms with Crippen molar-refractivity contribution >= 4 is 11.8 Å². The first-order chi connectivity index (χ1) is 15.0. The summed E-state index contributed by atoms with van der Waals surface area (Å²) in [7, 11) is 0. The van der Waals surface area contributed by atoms with Gasteiger partial charge in [-0.1, -0.05) is 13.3 Å². The summed E-state index contributed by atoms with van der Waals surface area (Å²) < 4.78 is 21.7. The Kier molecular flexibility index (Phi) is 9.68. The molecule has 2 aromatic carbocycles. The van der Waals surface area contributed by atoms with Gasteiger partial charge in [-0.15, -0.1) is 0 Å². The molecule has 31 heavy (non-hydrogen) atoms. The molecule has 0 spiro atoms. The van der Waals surface area contributed by atoms with E-state index in [-0.39, 0.29) is 18.1 Å². The molecular weight excluding hydrogens is 400 g/mol. The molecule has 1 N–H and O–H groups in total. The van der Waals surface area contributed by atoms with Crippen molar-refractivity contribution in [2.45, 2.75) is 40.0 Å². The van der Waals surface area contributed by atoms with Crippen molar-refractivity contribution in [1.82, 2.24) is 0 Å². The predicted octanol–water partition coefficient (Wildman–Crippen LogP) is 4.34. The molecule has 0 radical (unpaired) electrons. The van der Waals surface area contributed by atoms with Crippen molar-refractivity contribution in [3.05, 3.63) is 47.5 Å². The van der Waals surface area contributed by atoms with Crippen LogP contribution in [0, 0.1) is 0 Å². The fourth-order valence-electron chi connectivity index (χ4n) is 2.94. The van der Waals surface area contributed by atoms with Gasteiger partial charge in [0.2, 0.25) is 0 Å². The molecule has 7 heteroatoms. The predicted molar refractivity (Wildman–Crippen MR) is 116 cm³/mol. The Labute approximate surface area is 182 Å². The summed E-state index contributed by atoms with van der Waals surface area (Å²) >= 11 is 0. The zero-order chi connectivity index (χ0) is 22.6. The number of ketones is 1. The molecule has 0 heterocycles. The third-order valence-electron chi connectivity index (χ3n) is 4.42. The topological polar surface area (TPSA) is 91.3 Å². The maximum Gasteiger partial charge on any atom is 0.344 e. The van der Waals surface area contributed by atoms with Crippen LogP contribution in [0.25, 0.3) is 0 Å². The molecule has 0 aliphatic heterocycles. The summed E-state index contributed by atoms with van der Waals surface area (Å²) in [5, 5.41) is 10.4. The average molecular weight is 430 g/mol. The van der Waals surface area contributed by atoms with Gasteiger partial charge in [0, 0.05) is 12.0 Å². The quantitative estimate of drug-likeness (QED) is 0.287. The molecule has 0 atom stereocenters. The molecule has 0 bridgehead atoms. The lowest BCUT2D eigenvalue weighted by molar-refractivity contribution is -0.145. The van der Waals surface area contributed by atoms with Crippen LogP contribution >= 0.6 is 0 Å². The molecule has 0 aliphatic carbocycles. The first-order valence-electron chi connectivity index (χ1n) is 10.5. The number of carbonyl (C=O) groups is 2. The van der Waals surface area contributed by atoms with Crippen molar-refractivity contribution in [3.63, 3.8) is 0 Å². The van der Waals surface area contributed by atoms with Crippen LogP contribution in [-0.2, 0) is 16.0 Å². The lowest BCUT2D eigenvalue weighted by Crippen LogP contribution is -2.14. The Bertz CT molecular complexity index is 859. The van der Waals surface area contributed by atoms with Crippen molar-refractivity contribution < 1.29 is 33.6 Å². The van der Waals surface area contributed by atoms with E-state index >= 15 is 0 Å². The minimum atomic E-state index is -0.408. The van der Waals surface area contributed by atoms with Gasteiger partial charge in [0.1, 0.15) is 23.0 Å². The number of phenolic OH excluding ortho intramolecular Hbond substituents is 1. The van der Waals surface area contributed by atoms with Crippen molar-refractivity contribution in [1.29, 1.82) is 0 Å². The van der Waals surface area contributed by atoms with Gasteiger partial charge in [-0.2, -0.15) is 0 Å². The number of hydrogen-bond donors (Lipinski definition) is 1. The van der Waals surface area contributed by atoms with Crippen molar-refractivity contribution in [2.24, 2.45) is 0 Å². The average Bonchev–Trinajstić information content (AvgIpc) is 2.75. The molecule has 0 unspecified atom stereocenters. The first kappa shape index (κ1) is 24.1. The zero-order valence-electron chi connectivity index (χ0n) is 18.3. The Morgan fingerprint density at radius 3 is 2.16 bits per heavy atom. The molecule has 7 nitrogen and oxygen atoms in total. The summed E-state index contributed by atoms with van der Waals surface area (Å²) in [4.78, 5) is 22.9. The highest BCUT2D eigenvalue weighted by Gasteiger charge is 2.15. The second-order valence-electron chi connectivity index (χ2n) is 6.86. The van der Waals surface area contributed by atoms with E-state index in [1.807, 2.05) is 6.92 Å². The van der Waals surface area contributed by atoms with Crippen LogP contribution in [-0.4, -0.2) is 43.3 Å². The lowest BCUT2D eigenvalue weighted by Gasteiger charge is -2.15. The third-order valence-corrected chi connectivity index (χ3v) is 4.42. The number of Topliss-reactive ketones (excluding diaryl/α,β-unsaturated/α-hetero) is 1. The highest BCUT2D eigenvalue weighted by molar-refractivity contribution is 5.97. The minimum absolute atomic E-state index is 0.00775. The monoisotopic (exact) mass is 430 g/mol. The molecule has 0 fully saturated rings. The van der Waals surface area contributed by atoms with Crippen LogP contribution in [0.15, 0.2) is 36.4 Å². The van der Waals surface area contributed by atoms with Gasteiger partial charge in [-0.05, 0) is 56.7 Å². The standard InChI is InChI=1S/C24H30O7/c1-4-7-21-22(13-12-20(17(3)25)24(21)27)30-15-6-14-29-18-8-10-19(11-9-18)31-16-23(26)28-5-2/h8-13,27H,4-7,14-16H2,1-3H3. The van der Waals surface area contributed by atoms with E-state index < -0.39 is 5.97 Å². The molecule has 0 amide bonds. The number of aromatic hydroxyl groups is 1. The second-order valence-corrected chi connectivity index (χ2v) is 6.86. The highest BCUT2D eigenvalue weighted by Crippen LogP contribution is 2.33. The highest BCUT2D eigenvalue weighted by atomic mass is 16.6. The van der Waals surface area contributed by atoms with Gasteiger partial charge in [0.25, 0.3) is 0 Å². The Balaban J connectivity index is 1.79. The van der Waals surface area contributed by atoms with Gasteiger partial charge in [0.05, 0.1) is 25.4 Å². The van der Waals surface area contributed by atoms with Crippen LogP contribution in [0.1, 0.15) is 49.5 Å². The number of carbonyl (C=O) groups excluding carboxylic acids is 2. The molecule has 0 aliphatic rings. The molecule has 0 aromatic heterocycles. The van der Waals surface area contributed by atoms with E-state index in [2.05, 4.69) is 0 Å². The van der Waals surface area contributed by atoms with Crippen LogP contribution in [0.4, 0.5) is 0 Å². The van der Waals surface area contributed by atoms with Gasteiger partial charge < -0.3 is 24.1 Å². The number of esters is 1.